The van der Waals surface area contributed by atoms with Crippen molar-refractivity contribution in [1.29, 1.82) is 0 Å². The fraction of sp³-hybridized carbons (Fsp3) is 0.235. The number of hydrazine groups is 1. The molecule has 0 spiro atoms. The fourth-order valence-electron chi connectivity index (χ4n) is 2.55. The number of carbonyl (C=O) groups excluding carboxylic acids is 1. The molecule has 0 saturated carbocycles. The highest BCUT2D eigenvalue weighted by Gasteiger charge is 2.29. The van der Waals surface area contributed by atoms with Crippen LogP contribution in [0.2, 0.25) is 5.02 Å². The standard InChI is InChI=1S/C17H18ClN3O/c18-14-8-6-12(7-9-14)11-19-17(22)16-10-15(20-21-16)13-4-2-1-3-5-13/h1-9,15-16,20-21H,10-11H2,(H,19,22). The zero-order valence-electron chi connectivity index (χ0n) is 12.1. The lowest BCUT2D eigenvalue weighted by atomic mass is 10.0. The van der Waals surface area contributed by atoms with Gasteiger partial charge in [0.05, 0.1) is 0 Å². The molecule has 5 heteroatoms. The minimum absolute atomic E-state index is 0.000816. The summed E-state index contributed by atoms with van der Waals surface area (Å²) in [6.07, 6.45) is 0.733. The maximum atomic E-state index is 12.2. The fourth-order valence-corrected chi connectivity index (χ4v) is 2.67. The first-order valence-corrected chi connectivity index (χ1v) is 7.68. The van der Waals surface area contributed by atoms with Crippen LogP contribution in [0.15, 0.2) is 54.6 Å². The van der Waals surface area contributed by atoms with Crippen LogP contribution in [-0.4, -0.2) is 11.9 Å². The van der Waals surface area contributed by atoms with Crippen LogP contribution in [0.3, 0.4) is 0 Å². The van der Waals surface area contributed by atoms with Crippen molar-refractivity contribution >= 4 is 17.5 Å². The van der Waals surface area contributed by atoms with Gasteiger partial charge in [0.15, 0.2) is 0 Å². The molecule has 3 N–H and O–H groups in total. The second-order valence-electron chi connectivity index (χ2n) is 5.38. The largest absolute Gasteiger partial charge is 0.351 e. The summed E-state index contributed by atoms with van der Waals surface area (Å²) in [5.41, 5.74) is 8.46. The molecule has 2 aromatic carbocycles. The molecular formula is C17H18ClN3O. The number of amides is 1. The first kappa shape index (κ1) is 15.0. The average molecular weight is 316 g/mol. The zero-order valence-corrected chi connectivity index (χ0v) is 12.8. The van der Waals surface area contributed by atoms with Crippen molar-refractivity contribution in [2.75, 3.05) is 0 Å². The lowest BCUT2D eigenvalue weighted by molar-refractivity contribution is -0.123. The maximum absolute atomic E-state index is 12.2. The van der Waals surface area contributed by atoms with Crippen molar-refractivity contribution < 1.29 is 4.79 Å². The molecule has 1 amide bonds. The Morgan fingerprint density at radius 2 is 1.82 bits per heavy atom. The zero-order chi connectivity index (χ0) is 15.4. The molecule has 0 bridgehead atoms. The second-order valence-corrected chi connectivity index (χ2v) is 5.82. The van der Waals surface area contributed by atoms with E-state index in [1.165, 1.54) is 5.56 Å². The van der Waals surface area contributed by atoms with Crippen LogP contribution >= 0.6 is 11.6 Å². The molecule has 2 atom stereocenters. The molecule has 2 aromatic rings. The normalized spacial score (nSPS) is 20.8. The van der Waals surface area contributed by atoms with Gasteiger partial charge in [0.2, 0.25) is 5.91 Å². The molecular weight excluding hydrogens is 298 g/mol. The van der Waals surface area contributed by atoms with Crippen molar-refractivity contribution in [1.82, 2.24) is 16.2 Å². The van der Waals surface area contributed by atoms with Crippen molar-refractivity contribution in [3.63, 3.8) is 0 Å². The number of nitrogens with one attached hydrogen (secondary N) is 3. The topological polar surface area (TPSA) is 53.2 Å². The van der Waals surface area contributed by atoms with Crippen LogP contribution in [-0.2, 0) is 11.3 Å². The average Bonchev–Trinajstić information content (AvgIpc) is 3.05. The number of carbonyl (C=O) groups is 1. The van der Waals surface area contributed by atoms with E-state index in [1.807, 2.05) is 42.5 Å². The number of benzene rings is 2. The summed E-state index contributed by atoms with van der Waals surface area (Å²) < 4.78 is 0. The quantitative estimate of drug-likeness (QED) is 0.813. The molecule has 1 aliphatic heterocycles. The monoisotopic (exact) mass is 315 g/mol. The van der Waals surface area contributed by atoms with Gasteiger partial charge in [-0.2, -0.15) is 0 Å². The van der Waals surface area contributed by atoms with Crippen molar-refractivity contribution in [3.8, 4) is 0 Å². The van der Waals surface area contributed by atoms with E-state index >= 15 is 0 Å². The molecule has 1 fully saturated rings. The third-order valence-corrected chi connectivity index (χ3v) is 4.05. The number of rotatable bonds is 4. The molecule has 22 heavy (non-hydrogen) atoms. The van der Waals surface area contributed by atoms with Crippen LogP contribution in [0.25, 0.3) is 0 Å². The summed E-state index contributed by atoms with van der Waals surface area (Å²) in [5, 5.41) is 3.64. The Labute approximate surface area is 134 Å². The van der Waals surface area contributed by atoms with Gasteiger partial charge in [-0.1, -0.05) is 54.1 Å². The van der Waals surface area contributed by atoms with E-state index in [0.29, 0.717) is 11.6 Å². The van der Waals surface area contributed by atoms with Crippen molar-refractivity contribution in [2.24, 2.45) is 0 Å². The Morgan fingerprint density at radius 3 is 2.55 bits per heavy atom. The molecule has 0 radical (unpaired) electrons. The predicted molar refractivity (Wildman–Crippen MR) is 87.2 cm³/mol. The van der Waals surface area contributed by atoms with Gasteiger partial charge < -0.3 is 5.32 Å². The highest BCUT2D eigenvalue weighted by Crippen LogP contribution is 2.21. The van der Waals surface area contributed by atoms with Gasteiger partial charge in [0.1, 0.15) is 6.04 Å². The maximum Gasteiger partial charge on any atom is 0.238 e. The molecule has 0 aromatic heterocycles. The first-order valence-electron chi connectivity index (χ1n) is 7.30. The predicted octanol–water partition coefficient (Wildman–Crippen LogP) is 2.56. The van der Waals surface area contributed by atoms with E-state index in [0.717, 1.165) is 12.0 Å². The van der Waals surface area contributed by atoms with Gasteiger partial charge >= 0.3 is 0 Å². The van der Waals surface area contributed by atoms with E-state index in [2.05, 4.69) is 28.3 Å². The van der Waals surface area contributed by atoms with Gasteiger partial charge in [-0.25, -0.2) is 10.9 Å². The summed E-state index contributed by atoms with van der Waals surface area (Å²) in [4.78, 5) is 12.2. The minimum atomic E-state index is -0.225. The van der Waals surface area contributed by atoms with E-state index in [-0.39, 0.29) is 18.0 Å². The Balaban J connectivity index is 1.52. The molecule has 1 aliphatic rings. The van der Waals surface area contributed by atoms with Gasteiger partial charge in [-0.3, -0.25) is 4.79 Å². The summed E-state index contributed by atoms with van der Waals surface area (Å²) in [6, 6.07) is 17.5. The minimum Gasteiger partial charge on any atom is -0.351 e. The smallest absolute Gasteiger partial charge is 0.238 e. The SMILES string of the molecule is O=C(NCc1ccc(Cl)cc1)C1CC(c2ccccc2)NN1. The number of hydrogen-bond donors (Lipinski definition) is 3. The van der Waals surface area contributed by atoms with Gasteiger partial charge in [-0.05, 0) is 29.7 Å². The van der Waals surface area contributed by atoms with Gasteiger partial charge in [-0.15, -0.1) is 0 Å². The van der Waals surface area contributed by atoms with E-state index in [4.69, 9.17) is 11.6 Å². The Morgan fingerprint density at radius 1 is 1.09 bits per heavy atom. The van der Waals surface area contributed by atoms with Gasteiger partial charge in [0, 0.05) is 17.6 Å². The third-order valence-electron chi connectivity index (χ3n) is 3.80. The highest BCUT2D eigenvalue weighted by atomic mass is 35.5. The van der Waals surface area contributed by atoms with Crippen molar-refractivity contribution in [3.05, 3.63) is 70.7 Å². The molecule has 3 rings (SSSR count). The number of hydrogen-bond acceptors (Lipinski definition) is 3. The lowest BCUT2D eigenvalue weighted by Gasteiger charge is -2.11. The Kier molecular flexibility index (Phi) is 4.73. The van der Waals surface area contributed by atoms with Crippen LogP contribution in [0.5, 0.6) is 0 Å². The summed E-state index contributed by atoms with van der Waals surface area (Å²) >= 11 is 5.85. The molecule has 1 heterocycles. The van der Waals surface area contributed by atoms with Crippen LogP contribution in [0, 0.1) is 0 Å². The van der Waals surface area contributed by atoms with Gasteiger partial charge in [0.25, 0.3) is 0 Å². The van der Waals surface area contributed by atoms with E-state index in [1.54, 1.807) is 0 Å². The molecule has 4 nitrogen and oxygen atoms in total. The first-order chi connectivity index (χ1) is 10.7. The van der Waals surface area contributed by atoms with Crippen molar-refractivity contribution in [2.45, 2.75) is 25.0 Å². The van der Waals surface area contributed by atoms with Crippen LogP contribution in [0.1, 0.15) is 23.6 Å². The Bertz CT molecular complexity index is 630. The Hall–Kier alpha value is -1.88. The molecule has 2 unspecified atom stereocenters. The van der Waals surface area contributed by atoms with E-state index < -0.39 is 0 Å². The molecule has 0 aliphatic carbocycles. The van der Waals surface area contributed by atoms with Crippen LogP contribution < -0.4 is 16.2 Å². The number of halogens is 1. The van der Waals surface area contributed by atoms with Crippen LogP contribution in [0.4, 0.5) is 0 Å². The summed E-state index contributed by atoms with van der Waals surface area (Å²) in [7, 11) is 0. The highest BCUT2D eigenvalue weighted by molar-refractivity contribution is 6.30. The lowest BCUT2D eigenvalue weighted by Crippen LogP contribution is -2.42. The third kappa shape index (κ3) is 3.65. The summed E-state index contributed by atoms with van der Waals surface area (Å²) in [6.45, 7) is 0.504. The molecule has 1 saturated heterocycles. The second kappa shape index (κ2) is 6.92. The van der Waals surface area contributed by atoms with E-state index in [9.17, 15) is 4.79 Å². The molecule has 114 valence electrons. The summed E-state index contributed by atoms with van der Waals surface area (Å²) in [5.74, 6) is 0.000816.